The first kappa shape index (κ1) is 19.4. The summed E-state index contributed by atoms with van der Waals surface area (Å²) >= 11 is 0. The highest BCUT2D eigenvalue weighted by Crippen LogP contribution is 2.31. The molecule has 1 aliphatic rings. The Balaban J connectivity index is 1.83. The molecule has 6 nitrogen and oxygen atoms in total. The van der Waals surface area contributed by atoms with Crippen LogP contribution in [0.25, 0.3) is 0 Å². The lowest BCUT2D eigenvalue weighted by atomic mass is 10.0. The molecule has 0 aliphatic carbocycles. The topological polar surface area (TPSA) is 92.5 Å². The van der Waals surface area contributed by atoms with Crippen LogP contribution in [0.3, 0.4) is 0 Å². The van der Waals surface area contributed by atoms with Crippen molar-refractivity contribution in [1.82, 2.24) is 5.32 Å². The third-order valence-corrected chi connectivity index (χ3v) is 6.48. The van der Waals surface area contributed by atoms with E-state index in [1.54, 1.807) is 12.1 Å². The minimum absolute atomic E-state index is 0.133. The van der Waals surface area contributed by atoms with Crippen LogP contribution in [0.1, 0.15) is 35.2 Å². The number of sulfonamides is 1. The number of fused-ring (bicyclic) bond motifs is 1. The third-order valence-electron chi connectivity index (χ3n) is 4.67. The van der Waals surface area contributed by atoms with Crippen molar-refractivity contribution in [3.8, 4) is 0 Å². The number of unbranched alkanes of at least 4 members (excludes halogenated alkanes) is 1. The first-order valence-electron chi connectivity index (χ1n) is 9.23. The maximum Gasteiger partial charge on any atom is 0.264 e. The van der Waals surface area contributed by atoms with Gasteiger partial charge in [0, 0.05) is 18.7 Å². The maximum atomic E-state index is 13.2. The zero-order valence-corrected chi connectivity index (χ0v) is 16.0. The molecular weight excluding hydrogens is 362 g/mol. The van der Waals surface area contributed by atoms with Gasteiger partial charge in [-0.25, -0.2) is 8.42 Å². The first-order valence-corrected chi connectivity index (χ1v) is 10.7. The Labute approximate surface area is 160 Å². The van der Waals surface area contributed by atoms with E-state index in [1.165, 1.54) is 16.4 Å². The lowest BCUT2D eigenvalue weighted by molar-refractivity contribution is 0.0953. The average Bonchev–Trinajstić information content (AvgIpc) is 2.70. The largest absolute Gasteiger partial charge is 0.352 e. The minimum Gasteiger partial charge on any atom is -0.352 e. The quantitative estimate of drug-likeness (QED) is 0.713. The van der Waals surface area contributed by atoms with Gasteiger partial charge in [0.15, 0.2) is 0 Å². The number of hydrogen-bond donors (Lipinski definition) is 2. The Morgan fingerprint density at radius 1 is 1.11 bits per heavy atom. The molecule has 0 saturated carbocycles. The van der Waals surface area contributed by atoms with Gasteiger partial charge in [0.05, 0.1) is 10.6 Å². The second-order valence-corrected chi connectivity index (χ2v) is 8.45. The summed E-state index contributed by atoms with van der Waals surface area (Å²) < 4.78 is 27.9. The molecule has 3 rings (SSSR count). The van der Waals surface area contributed by atoms with Gasteiger partial charge in [-0.2, -0.15) is 0 Å². The predicted octanol–water partition coefficient (Wildman–Crippen LogP) is 2.30. The van der Waals surface area contributed by atoms with Crippen LogP contribution in [0.5, 0.6) is 0 Å². The highest BCUT2D eigenvalue weighted by atomic mass is 32.2. The first-order chi connectivity index (χ1) is 13.0. The summed E-state index contributed by atoms with van der Waals surface area (Å²) in [4.78, 5) is 12.4. The van der Waals surface area contributed by atoms with Crippen LogP contribution in [0.15, 0.2) is 53.4 Å². The fraction of sp³-hybridized carbons (Fsp3) is 0.350. The van der Waals surface area contributed by atoms with Crippen LogP contribution in [0.4, 0.5) is 5.69 Å². The Morgan fingerprint density at radius 3 is 2.74 bits per heavy atom. The molecule has 7 heteroatoms. The number of para-hydroxylation sites is 1. The molecule has 0 spiro atoms. The standard InChI is InChI=1S/C20H25N3O3S/c21-12-3-4-13-22-20(24)17-8-5-10-18(15-17)27(25,26)23-14-6-9-16-7-1-2-11-19(16)23/h1-2,5,7-8,10-11,15H,3-4,6,9,12-14,21H2,(H,22,24). The van der Waals surface area contributed by atoms with Crippen molar-refractivity contribution in [3.63, 3.8) is 0 Å². The van der Waals surface area contributed by atoms with Gasteiger partial charge in [0.1, 0.15) is 0 Å². The predicted molar refractivity (Wildman–Crippen MR) is 106 cm³/mol. The number of nitrogens with one attached hydrogen (secondary N) is 1. The number of rotatable bonds is 7. The summed E-state index contributed by atoms with van der Waals surface area (Å²) in [7, 11) is -3.72. The Kier molecular flexibility index (Phi) is 6.13. The summed E-state index contributed by atoms with van der Waals surface area (Å²) in [6, 6.07) is 13.8. The number of nitrogens with zero attached hydrogens (tertiary/aromatic N) is 1. The zero-order valence-electron chi connectivity index (χ0n) is 15.2. The van der Waals surface area contributed by atoms with E-state index < -0.39 is 10.0 Å². The summed E-state index contributed by atoms with van der Waals surface area (Å²) in [6.45, 7) is 1.54. The van der Waals surface area contributed by atoms with Gasteiger partial charge >= 0.3 is 0 Å². The molecule has 0 saturated heterocycles. The third kappa shape index (κ3) is 4.31. The summed E-state index contributed by atoms with van der Waals surface area (Å²) in [5, 5.41) is 2.80. The van der Waals surface area contributed by atoms with Crippen LogP contribution < -0.4 is 15.4 Å². The van der Waals surface area contributed by atoms with E-state index in [0.717, 1.165) is 36.9 Å². The van der Waals surface area contributed by atoms with Gasteiger partial charge < -0.3 is 11.1 Å². The molecule has 3 N–H and O–H groups in total. The number of benzene rings is 2. The van der Waals surface area contributed by atoms with Crippen LogP contribution in [0, 0.1) is 0 Å². The SMILES string of the molecule is NCCCCNC(=O)c1cccc(S(=O)(=O)N2CCCc3ccccc32)c1. The molecule has 0 radical (unpaired) electrons. The van der Waals surface area contributed by atoms with Crippen molar-refractivity contribution in [2.75, 3.05) is 23.9 Å². The van der Waals surface area contributed by atoms with E-state index in [4.69, 9.17) is 5.73 Å². The Bertz CT molecular complexity index is 912. The second kappa shape index (κ2) is 8.54. The summed E-state index contributed by atoms with van der Waals surface area (Å²) in [5.74, 6) is -0.275. The maximum absolute atomic E-state index is 13.2. The molecule has 1 amide bonds. The molecule has 0 atom stereocenters. The number of carbonyl (C=O) groups excluding carboxylic acids is 1. The molecule has 0 bridgehead atoms. The van der Waals surface area contributed by atoms with Crippen LogP contribution in [-0.2, 0) is 16.4 Å². The smallest absolute Gasteiger partial charge is 0.264 e. The number of nitrogens with two attached hydrogens (primary N) is 1. The molecule has 1 aliphatic heterocycles. The molecular formula is C20H25N3O3S. The van der Waals surface area contributed by atoms with Crippen molar-refractivity contribution in [2.45, 2.75) is 30.6 Å². The van der Waals surface area contributed by atoms with Crippen molar-refractivity contribution in [2.24, 2.45) is 5.73 Å². The average molecular weight is 388 g/mol. The summed E-state index contributed by atoms with van der Waals surface area (Å²) in [6.07, 6.45) is 3.28. The highest BCUT2D eigenvalue weighted by molar-refractivity contribution is 7.92. The van der Waals surface area contributed by atoms with Gasteiger partial charge in [-0.3, -0.25) is 9.10 Å². The lowest BCUT2D eigenvalue weighted by Gasteiger charge is -2.30. The zero-order chi connectivity index (χ0) is 19.3. The van der Waals surface area contributed by atoms with Crippen molar-refractivity contribution in [3.05, 3.63) is 59.7 Å². The molecule has 0 aromatic heterocycles. The van der Waals surface area contributed by atoms with Crippen molar-refractivity contribution in [1.29, 1.82) is 0 Å². The molecule has 27 heavy (non-hydrogen) atoms. The van der Waals surface area contributed by atoms with Gasteiger partial charge in [-0.1, -0.05) is 24.3 Å². The molecule has 0 unspecified atom stereocenters. The highest BCUT2D eigenvalue weighted by Gasteiger charge is 2.29. The molecule has 144 valence electrons. The number of carbonyl (C=O) groups is 1. The van der Waals surface area contributed by atoms with Crippen LogP contribution >= 0.6 is 0 Å². The molecule has 1 heterocycles. The molecule has 2 aromatic carbocycles. The van der Waals surface area contributed by atoms with Gasteiger partial charge in [0.25, 0.3) is 15.9 Å². The van der Waals surface area contributed by atoms with Crippen LogP contribution in [0.2, 0.25) is 0 Å². The van der Waals surface area contributed by atoms with E-state index in [1.807, 2.05) is 24.3 Å². The van der Waals surface area contributed by atoms with E-state index >= 15 is 0 Å². The number of aryl methyl sites for hydroxylation is 1. The van der Waals surface area contributed by atoms with Crippen molar-refractivity contribution >= 4 is 21.6 Å². The molecule has 2 aromatic rings. The Morgan fingerprint density at radius 2 is 1.93 bits per heavy atom. The van der Waals surface area contributed by atoms with Gasteiger partial charge in [-0.05, 0) is 62.1 Å². The van der Waals surface area contributed by atoms with Gasteiger partial charge in [-0.15, -0.1) is 0 Å². The number of hydrogen-bond acceptors (Lipinski definition) is 4. The normalized spacial score (nSPS) is 13.9. The summed E-state index contributed by atoms with van der Waals surface area (Å²) in [5.41, 5.74) is 7.54. The number of amides is 1. The van der Waals surface area contributed by atoms with E-state index in [2.05, 4.69) is 5.32 Å². The minimum atomic E-state index is -3.72. The Hall–Kier alpha value is -2.38. The van der Waals surface area contributed by atoms with Crippen molar-refractivity contribution < 1.29 is 13.2 Å². The fourth-order valence-corrected chi connectivity index (χ4v) is 4.83. The molecule has 0 fully saturated rings. The van der Waals surface area contributed by atoms with E-state index in [9.17, 15) is 13.2 Å². The second-order valence-electron chi connectivity index (χ2n) is 6.59. The van der Waals surface area contributed by atoms with Crippen LogP contribution in [-0.4, -0.2) is 34.0 Å². The number of anilines is 1. The monoisotopic (exact) mass is 387 g/mol. The fourth-order valence-electron chi connectivity index (χ4n) is 3.25. The van der Waals surface area contributed by atoms with Gasteiger partial charge in [0.2, 0.25) is 0 Å². The van der Waals surface area contributed by atoms with E-state index in [0.29, 0.717) is 25.2 Å². The lowest BCUT2D eigenvalue weighted by Crippen LogP contribution is -2.35. The van der Waals surface area contributed by atoms with E-state index in [-0.39, 0.29) is 10.8 Å².